The van der Waals surface area contributed by atoms with Crippen LogP contribution in [-0.2, 0) is 16.0 Å². The summed E-state index contributed by atoms with van der Waals surface area (Å²) in [5, 5.41) is 5.04. The van der Waals surface area contributed by atoms with Crippen LogP contribution < -0.4 is 15.4 Å². The zero-order chi connectivity index (χ0) is 19.7. The molecule has 3 heterocycles. The van der Waals surface area contributed by atoms with Gasteiger partial charge < -0.3 is 15.0 Å². The van der Waals surface area contributed by atoms with Gasteiger partial charge in [-0.2, -0.15) is 0 Å². The first-order valence-corrected chi connectivity index (χ1v) is 9.17. The second-order valence-corrected chi connectivity index (χ2v) is 6.89. The highest BCUT2D eigenvalue weighted by Crippen LogP contribution is 2.29. The molecule has 1 aromatic heterocycles. The van der Waals surface area contributed by atoms with E-state index in [2.05, 4.69) is 22.5 Å². The molecule has 0 spiro atoms. The van der Waals surface area contributed by atoms with Crippen molar-refractivity contribution in [2.75, 3.05) is 18.4 Å². The number of imide groups is 1. The fourth-order valence-corrected chi connectivity index (χ4v) is 3.47. The van der Waals surface area contributed by atoms with E-state index in [9.17, 15) is 14.4 Å². The highest BCUT2D eigenvalue weighted by atomic mass is 16.5. The van der Waals surface area contributed by atoms with Crippen LogP contribution in [0.1, 0.15) is 12.5 Å². The molecule has 0 radical (unpaired) electrons. The number of hydrogen-bond donors (Lipinski definition) is 2. The number of carbonyl (C=O) groups is 3. The molecular weight excluding hydrogens is 360 g/mol. The summed E-state index contributed by atoms with van der Waals surface area (Å²) in [6, 6.07) is 10.8. The van der Waals surface area contributed by atoms with Crippen LogP contribution in [0.5, 0.6) is 11.6 Å². The summed E-state index contributed by atoms with van der Waals surface area (Å²) in [6.07, 6.45) is 2.42. The highest BCUT2D eigenvalue weighted by molar-refractivity contribution is 6.06. The number of urea groups is 1. The quantitative estimate of drug-likeness (QED) is 0.792. The van der Waals surface area contributed by atoms with Crippen molar-refractivity contribution < 1.29 is 19.1 Å². The molecule has 0 saturated carbocycles. The van der Waals surface area contributed by atoms with E-state index in [0.717, 1.165) is 6.42 Å². The minimum Gasteiger partial charge on any atom is -0.439 e. The van der Waals surface area contributed by atoms with Crippen LogP contribution in [0.2, 0.25) is 0 Å². The number of aryl methyl sites for hydroxylation is 1. The Morgan fingerprint density at radius 3 is 2.61 bits per heavy atom. The predicted octanol–water partition coefficient (Wildman–Crippen LogP) is 2.17. The Morgan fingerprint density at radius 1 is 1.21 bits per heavy atom. The number of rotatable bonds is 4. The maximum atomic E-state index is 12.4. The zero-order valence-electron chi connectivity index (χ0n) is 15.3. The summed E-state index contributed by atoms with van der Waals surface area (Å²) in [6.45, 7) is 2.54. The van der Waals surface area contributed by atoms with E-state index in [1.165, 1.54) is 16.7 Å². The summed E-state index contributed by atoms with van der Waals surface area (Å²) >= 11 is 0. The van der Waals surface area contributed by atoms with E-state index < -0.39 is 11.8 Å². The number of pyridine rings is 1. The van der Waals surface area contributed by atoms with Crippen LogP contribution >= 0.6 is 0 Å². The van der Waals surface area contributed by atoms with Gasteiger partial charge in [-0.15, -0.1) is 0 Å². The van der Waals surface area contributed by atoms with Crippen molar-refractivity contribution in [3.8, 4) is 11.6 Å². The lowest BCUT2D eigenvalue weighted by Gasteiger charge is -2.17. The number of amides is 4. The molecular formula is C20H20N4O4. The van der Waals surface area contributed by atoms with Gasteiger partial charge in [0, 0.05) is 19.2 Å². The van der Waals surface area contributed by atoms with Gasteiger partial charge in [-0.3, -0.25) is 14.9 Å². The van der Waals surface area contributed by atoms with Gasteiger partial charge in [-0.05, 0) is 30.2 Å². The number of hydrogen-bond acceptors (Lipinski definition) is 5. The predicted molar refractivity (Wildman–Crippen MR) is 101 cm³/mol. The molecule has 2 N–H and O–H groups in total. The van der Waals surface area contributed by atoms with Gasteiger partial charge in [0.25, 0.3) is 0 Å². The maximum Gasteiger partial charge on any atom is 0.321 e. The van der Waals surface area contributed by atoms with Crippen molar-refractivity contribution in [3.63, 3.8) is 0 Å². The standard InChI is InChI=1S/C20H20N4O4/c1-2-12-4-3-5-14(8-12)28-17-7-6-13(9-21-17)22-20(27)24-10-15-16(11-24)19(26)23-18(15)25/h3-9,15-16H,2,10-11H2,1H3,(H,22,27)(H,23,25,26)/t15-,16+. The van der Waals surface area contributed by atoms with Crippen molar-refractivity contribution in [2.45, 2.75) is 13.3 Å². The van der Waals surface area contributed by atoms with Gasteiger partial charge in [-0.25, -0.2) is 9.78 Å². The lowest BCUT2D eigenvalue weighted by Crippen LogP contribution is -2.37. The molecule has 0 aliphatic carbocycles. The Morgan fingerprint density at radius 2 is 1.96 bits per heavy atom. The summed E-state index contributed by atoms with van der Waals surface area (Å²) < 4.78 is 5.74. The number of nitrogens with one attached hydrogen (secondary N) is 2. The topological polar surface area (TPSA) is 101 Å². The molecule has 28 heavy (non-hydrogen) atoms. The van der Waals surface area contributed by atoms with Crippen LogP contribution in [0.3, 0.4) is 0 Å². The average molecular weight is 380 g/mol. The van der Waals surface area contributed by atoms with E-state index in [1.54, 1.807) is 12.1 Å². The number of ether oxygens (including phenoxy) is 1. The smallest absolute Gasteiger partial charge is 0.321 e. The first kappa shape index (κ1) is 18.0. The van der Waals surface area contributed by atoms with E-state index in [0.29, 0.717) is 17.3 Å². The minimum atomic E-state index is -0.453. The Hall–Kier alpha value is -3.42. The molecule has 1 aromatic carbocycles. The Kier molecular flexibility index (Phi) is 4.68. The second-order valence-electron chi connectivity index (χ2n) is 6.89. The van der Waals surface area contributed by atoms with Gasteiger partial charge in [0.2, 0.25) is 17.7 Å². The molecule has 2 saturated heterocycles. The normalized spacial score (nSPS) is 20.7. The number of anilines is 1. The summed E-state index contributed by atoms with van der Waals surface area (Å²) in [5.74, 6) is -0.391. The first-order valence-electron chi connectivity index (χ1n) is 9.17. The lowest BCUT2D eigenvalue weighted by molar-refractivity contribution is -0.126. The van der Waals surface area contributed by atoms with Crippen molar-refractivity contribution in [3.05, 3.63) is 48.2 Å². The van der Waals surface area contributed by atoms with E-state index in [-0.39, 0.29) is 30.9 Å². The average Bonchev–Trinajstić information content (AvgIpc) is 3.25. The number of nitrogens with zero attached hydrogens (tertiary/aromatic N) is 2. The van der Waals surface area contributed by atoms with Crippen molar-refractivity contribution in [1.29, 1.82) is 0 Å². The zero-order valence-corrected chi connectivity index (χ0v) is 15.3. The Balaban J connectivity index is 1.36. The van der Waals surface area contributed by atoms with Crippen LogP contribution in [0.15, 0.2) is 42.6 Å². The minimum absolute atomic E-state index is 0.233. The molecule has 144 valence electrons. The molecule has 0 bridgehead atoms. The van der Waals surface area contributed by atoms with Gasteiger partial charge in [0.05, 0.1) is 23.7 Å². The number of fused-ring (bicyclic) bond motifs is 1. The summed E-state index contributed by atoms with van der Waals surface area (Å²) in [5.41, 5.74) is 1.68. The molecule has 2 aromatic rings. The monoisotopic (exact) mass is 380 g/mol. The largest absolute Gasteiger partial charge is 0.439 e. The van der Waals surface area contributed by atoms with Crippen molar-refractivity contribution >= 4 is 23.5 Å². The van der Waals surface area contributed by atoms with Crippen LogP contribution in [-0.4, -0.2) is 40.8 Å². The molecule has 2 aliphatic rings. The van der Waals surface area contributed by atoms with Crippen LogP contribution in [0.4, 0.5) is 10.5 Å². The fraction of sp³-hybridized carbons (Fsp3) is 0.300. The molecule has 2 aliphatic heterocycles. The summed E-state index contributed by atoms with van der Waals surface area (Å²) in [4.78, 5) is 41.5. The third-order valence-electron chi connectivity index (χ3n) is 5.04. The Labute approximate surface area is 161 Å². The molecule has 2 atom stereocenters. The lowest BCUT2D eigenvalue weighted by atomic mass is 10.00. The van der Waals surface area contributed by atoms with Crippen molar-refractivity contribution in [2.24, 2.45) is 11.8 Å². The van der Waals surface area contributed by atoms with Crippen LogP contribution in [0, 0.1) is 11.8 Å². The van der Waals surface area contributed by atoms with E-state index >= 15 is 0 Å². The molecule has 4 rings (SSSR count). The first-order chi connectivity index (χ1) is 13.5. The molecule has 4 amide bonds. The van der Waals surface area contributed by atoms with Crippen LogP contribution in [0.25, 0.3) is 0 Å². The SMILES string of the molecule is CCc1cccc(Oc2ccc(NC(=O)N3C[C@@H]4C(=O)NC(=O)[C@@H]4C3)cn2)c1. The number of aromatic nitrogens is 1. The second kappa shape index (κ2) is 7.30. The highest BCUT2D eigenvalue weighted by Gasteiger charge is 2.48. The van der Waals surface area contributed by atoms with E-state index in [1.807, 2.05) is 24.3 Å². The number of likely N-dealkylation sites (tertiary alicyclic amines) is 1. The molecule has 0 unspecified atom stereocenters. The third-order valence-corrected chi connectivity index (χ3v) is 5.04. The van der Waals surface area contributed by atoms with Crippen molar-refractivity contribution in [1.82, 2.24) is 15.2 Å². The van der Waals surface area contributed by atoms with Gasteiger partial charge in [-0.1, -0.05) is 19.1 Å². The summed E-state index contributed by atoms with van der Waals surface area (Å²) in [7, 11) is 0. The third kappa shape index (κ3) is 3.53. The maximum absolute atomic E-state index is 12.4. The number of carbonyl (C=O) groups excluding carboxylic acids is 3. The van der Waals surface area contributed by atoms with E-state index in [4.69, 9.17) is 4.74 Å². The molecule has 8 nitrogen and oxygen atoms in total. The molecule has 8 heteroatoms. The van der Waals surface area contributed by atoms with Gasteiger partial charge in [0.15, 0.2) is 0 Å². The molecule has 2 fully saturated rings. The Bertz CT molecular complexity index is 906. The fourth-order valence-electron chi connectivity index (χ4n) is 3.47. The van der Waals surface area contributed by atoms with Gasteiger partial charge >= 0.3 is 6.03 Å². The van der Waals surface area contributed by atoms with Gasteiger partial charge in [0.1, 0.15) is 5.75 Å². The number of benzene rings is 1.